The molecule has 0 aliphatic heterocycles. The van der Waals surface area contributed by atoms with Crippen LogP contribution < -0.4 is 11.2 Å². The van der Waals surface area contributed by atoms with E-state index in [4.69, 9.17) is 22.2 Å². The van der Waals surface area contributed by atoms with Crippen molar-refractivity contribution in [3.05, 3.63) is 87.9 Å². The van der Waals surface area contributed by atoms with Crippen molar-refractivity contribution < 1.29 is 9.63 Å². The molecule has 34 heavy (non-hydrogen) atoms. The summed E-state index contributed by atoms with van der Waals surface area (Å²) < 4.78 is 3.40. The Hall–Kier alpha value is -3.32. The van der Waals surface area contributed by atoms with Gasteiger partial charge in [-0.3, -0.25) is 9.63 Å². The number of anilines is 1. The lowest BCUT2D eigenvalue weighted by molar-refractivity contribution is -0.130. The van der Waals surface area contributed by atoms with Gasteiger partial charge in [0, 0.05) is 39.1 Å². The van der Waals surface area contributed by atoms with E-state index < -0.39 is 0 Å². The number of aryl methyl sites for hydroxylation is 1. The van der Waals surface area contributed by atoms with Gasteiger partial charge in [-0.2, -0.15) is 0 Å². The summed E-state index contributed by atoms with van der Waals surface area (Å²) in [7, 11) is 1.44. The van der Waals surface area contributed by atoms with E-state index in [0.29, 0.717) is 6.54 Å². The van der Waals surface area contributed by atoms with Gasteiger partial charge in [0.25, 0.3) is 0 Å². The van der Waals surface area contributed by atoms with Gasteiger partial charge < -0.3 is 10.3 Å². The summed E-state index contributed by atoms with van der Waals surface area (Å²) in [6, 6.07) is 18.4. The number of carbonyl (C=O) groups is 1. The molecule has 5 nitrogen and oxygen atoms in total. The summed E-state index contributed by atoms with van der Waals surface area (Å²) in [5.41, 5.74) is 15.7. The normalized spacial score (nSPS) is 11.4. The summed E-state index contributed by atoms with van der Waals surface area (Å²) in [4.78, 5) is 17.1. The number of halogens is 1. The predicted molar refractivity (Wildman–Crippen MR) is 141 cm³/mol. The highest BCUT2D eigenvalue weighted by Gasteiger charge is 2.15. The monoisotopic (exact) mass is 489 g/mol. The summed E-state index contributed by atoms with van der Waals surface area (Å²) >= 11 is 7.99. The average Bonchev–Trinajstić information content (AvgIpc) is 3.34. The first kappa shape index (κ1) is 22.5. The molecular weight excluding hydrogens is 466 g/mol. The van der Waals surface area contributed by atoms with Gasteiger partial charge in [0.2, 0.25) is 5.91 Å². The van der Waals surface area contributed by atoms with Gasteiger partial charge in [-0.05, 0) is 81.9 Å². The second kappa shape index (κ2) is 9.14. The molecule has 5 rings (SSSR count). The number of benzene rings is 3. The van der Waals surface area contributed by atoms with Crippen LogP contribution in [0.2, 0.25) is 5.02 Å². The first-order chi connectivity index (χ1) is 16.4. The van der Waals surface area contributed by atoms with E-state index in [0.717, 1.165) is 49.3 Å². The zero-order chi connectivity index (χ0) is 23.8. The van der Waals surface area contributed by atoms with Gasteiger partial charge in [-0.25, -0.2) is 5.48 Å². The number of nitrogens with zero attached hydrogens (tertiary/aromatic N) is 1. The third-order valence-electron chi connectivity index (χ3n) is 5.92. The van der Waals surface area contributed by atoms with Crippen molar-refractivity contribution in [3.63, 3.8) is 0 Å². The maximum absolute atomic E-state index is 12.3. The molecule has 0 aliphatic rings. The van der Waals surface area contributed by atoms with E-state index in [9.17, 15) is 4.79 Å². The minimum Gasteiger partial charge on any atom is -0.399 e. The van der Waals surface area contributed by atoms with Gasteiger partial charge in [0.1, 0.15) is 0 Å². The van der Waals surface area contributed by atoms with Crippen molar-refractivity contribution >= 4 is 55.5 Å². The van der Waals surface area contributed by atoms with Gasteiger partial charge in [0.15, 0.2) is 0 Å². The maximum atomic E-state index is 12.3. The van der Waals surface area contributed by atoms with E-state index in [1.165, 1.54) is 17.4 Å². The molecule has 0 fully saturated rings. The Balaban J connectivity index is 1.63. The van der Waals surface area contributed by atoms with Crippen molar-refractivity contribution in [2.24, 2.45) is 0 Å². The molecule has 0 saturated carbocycles. The van der Waals surface area contributed by atoms with Gasteiger partial charge in [-0.1, -0.05) is 29.8 Å². The van der Waals surface area contributed by atoms with Crippen LogP contribution in [0.1, 0.15) is 16.7 Å². The number of nitrogen functional groups attached to an aromatic ring is 1. The lowest BCUT2D eigenvalue weighted by Crippen LogP contribution is -2.23. The van der Waals surface area contributed by atoms with Crippen LogP contribution in [-0.4, -0.2) is 17.6 Å². The van der Waals surface area contributed by atoms with Crippen LogP contribution in [0.5, 0.6) is 0 Å². The number of hydrogen-bond acceptors (Lipinski definition) is 4. The van der Waals surface area contributed by atoms with E-state index in [-0.39, 0.29) is 12.3 Å². The minimum atomic E-state index is -0.190. The van der Waals surface area contributed by atoms with E-state index in [2.05, 4.69) is 52.0 Å². The third-order valence-corrected chi connectivity index (χ3v) is 7.17. The number of aromatic nitrogens is 1. The molecule has 0 bridgehead atoms. The topological polar surface area (TPSA) is 69.3 Å². The van der Waals surface area contributed by atoms with Crippen molar-refractivity contribution in [1.82, 2.24) is 10.0 Å². The lowest BCUT2D eigenvalue weighted by Gasteiger charge is -2.09. The number of fused-ring (bicyclic) bond motifs is 2. The second-order valence-corrected chi connectivity index (χ2v) is 9.80. The van der Waals surface area contributed by atoms with Crippen LogP contribution in [-0.2, 0) is 22.6 Å². The molecule has 0 atom stereocenters. The van der Waals surface area contributed by atoms with Gasteiger partial charge in [0.05, 0.1) is 13.5 Å². The Kier molecular flexibility index (Phi) is 6.04. The molecule has 2 heterocycles. The van der Waals surface area contributed by atoms with Gasteiger partial charge in [-0.15, -0.1) is 11.3 Å². The number of thiophene rings is 1. The van der Waals surface area contributed by atoms with Crippen LogP contribution in [0, 0.1) is 6.92 Å². The number of carbonyl (C=O) groups excluding carboxylic acids is 1. The van der Waals surface area contributed by atoms with Crippen LogP contribution >= 0.6 is 22.9 Å². The smallest absolute Gasteiger partial charge is 0.248 e. The van der Waals surface area contributed by atoms with Crippen LogP contribution in [0.25, 0.3) is 32.1 Å². The molecule has 172 valence electrons. The number of nitrogens with one attached hydrogen (secondary N) is 1. The second-order valence-electron chi connectivity index (χ2n) is 8.45. The molecule has 3 N–H and O–H groups in total. The van der Waals surface area contributed by atoms with Gasteiger partial charge >= 0.3 is 0 Å². The number of nitrogens with two attached hydrogens (primary N) is 1. The molecule has 0 spiro atoms. The summed E-state index contributed by atoms with van der Waals surface area (Å²) in [6.45, 7) is 2.71. The molecule has 2 aromatic heterocycles. The van der Waals surface area contributed by atoms with Crippen molar-refractivity contribution in [2.75, 3.05) is 12.8 Å². The quantitative estimate of drug-likeness (QED) is 0.216. The third kappa shape index (κ3) is 4.40. The highest BCUT2D eigenvalue weighted by atomic mass is 35.5. The van der Waals surface area contributed by atoms with Crippen LogP contribution in [0.15, 0.2) is 66.2 Å². The number of hydrogen-bond donors (Lipinski definition) is 2. The highest BCUT2D eigenvalue weighted by molar-refractivity contribution is 7.17. The van der Waals surface area contributed by atoms with E-state index in [1.54, 1.807) is 11.3 Å². The van der Waals surface area contributed by atoms with Crippen molar-refractivity contribution in [1.29, 1.82) is 0 Å². The number of rotatable bonds is 6. The first-order valence-corrected chi connectivity index (χ1v) is 12.1. The Morgan fingerprint density at radius 1 is 1.06 bits per heavy atom. The Bertz CT molecular complexity index is 1520. The molecule has 3 aromatic carbocycles. The molecule has 7 heteroatoms. The molecule has 1 amide bonds. The minimum absolute atomic E-state index is 0.190. The standard InChI is InChI=1S/C27H24ClN3O2S/c1-16-7-18(9-22(29)8-16)17-3-5-23-19(11-27(32)30-33-2)13-31(25(23)10-17)14-20-15-34-26-6-4-21(28)12-24(20)26/h3-10,12-13,15H,11,14,29H2,1-2H3,(H,30,32). The largest absolute Gasteiger partial charge is 0.399 e. The fourth-order valence-corrected chi connectivity index (χ4v) is 5.59. The van der Waals surface area contributed by atoms with Crippen molar-refractivity contribution in [3.8, 4) is 11.1 Å². The van der Waals surface area contributed by atoms with Crippen molar-refractivity contribution in [2.45, 2.75) is 19.9 Å². The first-order valence-electron chi connectivity index (χ1n) is 10.9. The van der Waals surface area contributed by atoms with E-state index >= 15 is 0 Å². The predicted octanol–water partition coefficient (Wildman–Crippen LogP) is 6.34. The molecule has 0 aliphatic carbocycles. The molecule has 0 saturated heterocycles. The maximum Gasteiger partial charge on any atom is 0.248 e. The average molecular weight is 490 g/mol. The fraction of sp³-hybridized carbons (Fsp3) is 0.148. The fourth-order valence-electron chi connectivity index (χ4n) is 4.48. The van der Waals surface area contributed by atoms with Crippen LogP contribution in [0.4, 0.5) is 5.69 Å². The molecule has 0 radical (unpaired) electrons. The lowest BCUT2D eigenvalue weighted by atomic mass is 10.0. The summed E-state index contributed by atoms with van der Waals surface area (Å²) in [5, 5.41) is 5.09. The highest BCUT2D eigenvalue weighted by Crippen LogP contribution is 2.33. The Morgan fingerprint density at radius 2 is 1.91 bits per heavy atom. The Morgan fingerprint density at radius 3 is 2.71 bits per heavy atom. The number of hydroxylamine groups is 1. The molecular formula is C27H24ClN3O2S. The zero-order valence-electron chi connectivity index (χ0n) is 18.9. The SMILES string of the molecule is CONC(=O)Cc1cn(Cc2csc3ccc(Cl)cc23)c2cc(-c3cc(C)cc(N)c3)ccc12. The van der Waals surface area contributed by atoms with Crippen LogP contribution in [0.3, 0.4) is 0 Å². The Labute approximate surface area is 206 Å². The number of amides is 1. The molecule has 5 aromatic rings. The zero-order valence-corrected chi connectivity index (χ0v) is 20.5. The summed E-state index contributed by atoms with van der Waals surface area (Å²) in [6.07, 6.45) is 2.28. The summed E-state index contributed by atoms with van der Waals surface area (Å²) in [5.74, 6) is -0.190. The van der Waals surface area contributed by atoms with E-state index in [1.807, 2.05) is 31.2 Å². The molecule has 0 unspecified atom stereocenters.